The van der Waals surface area contributed by atoms with Crippen LogP contribution in [0.25, 0.3) is 6.08 Å². The van der Waals surface area contributed by atoms with Gasteiger partial charge in [0.15, 0.2) is 0 Å². The molecule has 76 valence electrons. The molecule has 0 saturated heterocycles. The molecular formula is C13H18O. The molecule has 1 heteroatoms. The van der Waals surface area contributed by atoms with E-state index in [1.807, 2.05) is 13.0 Å². The van der Waals surface area contributed by atoms with Crippen LogP contribution in [0.5, 0.6) is 0 Å². The number of hydrogen-bond donors (Lipinski definition) is 1. The standard InChI is InChI=1S/C13H18O/c1-3-12-7-9-13(10-8-12)6-4-5-11(2)14/h3,7-11,14H,1,4-6H2,2H3. The highest BCUT2D eigenvalue weighted by atomic mass is 16.3. The molecule has 1 aromatic carbocycles. The molecule has 14 heavy (non-hydrogen) atoms. The highest BCUT2D eigenvalue weighted by molar-refractivity contribution is 5.47. The van der Waals surface area contributed by atoms with Crippen molar-refractivity contribution in [2.24, 2.45) is 0 Å². The minimum atomic E-state index is -0.178. The number of aliphatic hydroxyl groups is 1. The molecule has 0 radical (unpaired) electrons. The van der Waals surface area contributed by atoms with Gasteiger partial charge < -0.3 is 5.11 Å². The van der Waals surface area contributed by atoms with Crippen LogP contribution >= 0.6 is 0 Å². The van der Waals surface area contributed by atoms with Crippen LogP contribution < -0.4 is 0 Å². The molecule has 0 aliphatic carbocycles. The molecule has 1 N–H and O–H groups in total. The average molecular weight is 190 g/mol. The van der Waals surface area contributed by atoms with E-state index < -0.39 is 0 Å². The third kappa shape index (κ3) is 3.75. The van der Waals surface area contributed by atoms with Crippen LogP contribution in [0, 0.1) is 0 Å². The smallest absolute Gasteiger partial charge is 0.0512 e. The zero-order chi connectivity index (χ0) is 10.4. The monoisotopic (exact) mass is 190 g/mol. The molecule has 0 aliphatic heterocycles. The summed E-state index contributed by atoms with van der Waals surface area (Å²) in [5.41, 5.74) is 2.49. The summed E-state index contributed by atoms with van der Waals surface area (Å²) in [4.78, 5) is 0. The fourth-order valence-electron chi connectivity index (χ4n) is 1.42. The van der Waals surface area contributed by atoms with Crippen LogP contribution in [0.2, 0.25) is 0 Å². The van der Waals surface area contributed by atoms with E-state index in [-0.39, 0.29) is 6.10 Å². The first-order valence-corrected chi connectivity index (χ1v) is 5.12. The number of aryl methyl sites for hydroxylation is 1. The summed E-state index contributed by atoms with van der Waals surface area (Å²) in [5, 5.41) is 9.10. The van der Waals surface area contributed by atoms with Crippen molar-refractivity contribution >= 4 is 6.08 Å². The lowest BCUT2D eigenvalue weighted by molar-refractivity contribution is 0.182. The lowest BCUT2D eigenvalue weighted by Crippen LogP contribution is -1.99. The van der Waals surface area contributed by atoms with E-state index in [0.29, 0.717) is 0 Å². The molecule has 0 fully saturated rings. The Balaban J connectivity index is 2.40. The fraction of sp³-hybridized carbons (Fsp3) is 0.385. The quantitative estimate of drug-likeness (QED) is 0.756. The Labute approximate surface area is 86.1 Å². The van der Waals surface area contributed by atoms with Crippen LogP contribution in [0.4, 0.5) is 0 Å². The molecule has 0 aromatic heterocycles. The zero-order valence-corrected chi connectivity index (χ0v) is 8.74. The summed E-state index contributed by atoms with van der Waals surface area (Å²) in [6.07, 6.45) is 4.64. The third-order valence-corrected chi connectivity index (χ3v) is 2.30. The summed E-state index contributed by atoms with van der Waals surface area (Å²) < 4.78 is 0. The second-order valence-electron chi connectivity index (χ2n) is 3.69. The minimum absolute atomic E-state index is 0.178. The molecule has 1 atom stereocenters. The van der Waals surface area contributed by atoms with Gasteiger partial charge in [-0.05, 0) is 37.3 Å². The Kier molecular flexibility index (Phi) is 4.41. The van der Waals surface area contributed by atoms with Crippen LogP contribution in [-0.4, -0.2) is 11.2 Å². The number of aliphatic hydroxyl groups excluding tert-OH is 1. The Bertz CT molecular complexity index is 272. The Morgan fingerprint density at radius 2 is 2.00 bits per heavy atom. The summed E-state index contributed by atoms with van der Waals surface area (Å²) >= 11 is 0. The number of benzene rings is 1. The van der Waals surface area contributed by atoms with E-state index in [1.54, 1.807) is 0 Å². The summed E-state index contributed by atoms with van der Waals surface area (Å²) in [5.74, 6) is 0. The molecule has 0 heterocycles. The van der Waals surface area contributed by atoms with Gasteiger partial charge in [-0.2, -0.15) is 0 Å². The summed E-state index contributed by atoms with van der Waals surface area (Å²) in [7, 11) is 0. The van der Waals surface area contributed by atoms with Crippen LogP contribution in [0.3, 0.4) is 0 Å². The molecule has 0 amide bonds. The van der Waals surface area contributed by atoms with Crippen molar-refractivity contribution in [1.82, 2.24) is 0 Å². The van der Waals surface area contributed by atoms with E-state index in [1.165, 1.54) is 5.56 Å². The van der Waals surface area contributed by atoms with Gasteiger partial charge in [-0.1, -0.05) is 36.9 Å². The van der Waals surface area contributed by atoms with E-state index in [0.717, 1.165) is 24.8 Å². The normalized spacial score (nSPS) is 12.4. The lowest BCUT2D eigenvalue weighted by Gasteiger charge is -2.04. The van der Waals surface area contributed by atoms with Gasteiger partial charge in [-0.15, -0.1) is 0 Å². The Morgan fingerprint density at radius 1 is 1.36 bits per heavy atom. The van der Waals surface area contributed by atoms with E-state index >= 15 is 0 Å². The second-order valence-corrected chi connectivity index (χ2v) is 3.69. The molecular weight excluding hydrogens is 172 g/mol. The first kappa shape index (κ1) is 11.0. The van der Waals surface area contributed by atoms with Gasteiger partial charge in [0.05, 0.1) is 6.10 Å². The van der Waals surface area contributed by atoms with Crippen molar-refractivity contribution in [1.29, 1.82) is 0 Å². The largest absolute Gasteiger partial charge is 0.393 e. The van der Waals surface area contributed by atoms with Gasteiger partial charge in [0.2, 0.25) is 0 Å². The molecule has 1 aromatic rings. The van der Waals surface area contributed by atoms with Crippen molar-refractivity contribution in [2.45, 2.75) is 32.3 Å². The minimum Gasteiger partial charge on any atom is -0.393 e. The van der Waals surface area contributed by atoms with Crippen molar-refractivity contribution in [3.63, 3.8) is 0 Å². The summed E-state index contributed by atoms with van der Waals surface area (Å²) in [6, 6.07) is 8.40. The third-order valence-electron chi connectivity index (χ3n) is 2.30. The first-order chi connectivity index (χ1) is 6.72. The van der Waals surface area contributed by atoms with E-state index in [4.69, 9.17) is 5.11 Å². The maximum atomic E-state index is 9.10. The summed E-state index contributed by atoms with van der Waals surface area (Å²) in [6.45, 7) is 5.55. The van der Waals surface area contributed by atoms with Crippen LogP contribution in [0.15, 0.2) is 30.8 Å². The second kappa shape index (κ2) is 5.61. The van der Waals surface area contributed by atoms with Crippen LogP contribution in [0.1, 0.15) is 30.9 Å². The average Bonchev–Trinajstić information content (AvgIpc) is 2.18. The maximum Gasteiger partial charge on any atom is 0.0512 e. The van der Waals surface area contributed by atoms with Crippen molar-refractivity contribution in [3.05, 3.63) is 42.0 Å². The van der Waals surface area contributed by atoms with Gasteiger partial charge in [0.1, 0.15) is 0 Å². The molecule has 0 spiro atoms. The van der Waals surface area contributed by atoms with E-state index in [9.17, 15) is 0 Å². The molecule has 1 rings (SSSR count). The fourth-order valence-corrected chi connectivity index (χ4v) is 1.42. The molecule has 1 unspecified atom stereocenters. The highest BCUT2D eigenvalue weighted by Gasteiger charge is 1.97. The molecule has 0 bridgehead atoms. The van der Waals surface area contributed by atoms with Gasteiger partial charge in [0, 0.05) is 0 Å². The van der Waals surface area contributed by atoms with Gasteiger partial charge >= 0.3 is 0 Å². The molecule has 1 nitrogen and oxygen atoms in total. The van der Waals surface area contributed by atoms with Gasteiger partial charge in [-0.25, -0.2) is 0 Å². The maximum absolute atomic E-state index is 9.10. The first-order valence-electron chi connectivity index (χ1n) is 5.12. The predicted octanol–water partition coefficient (Wildman–Crippen LogP) is 3.03. The predicted molar refractivity (Wildman–Crippen MR) is 61.2 cm³/mol. The number of hydrogen-bond acceptors (Lipinski definition) is 1. The Morgan fingerprint density at radius 3 is 2.50 bits per heavy atom. The number of rotatable bonds is 5. The van der Waals surface area contributed by atoms with E-state index in [2.05, 4.69) is 30.8 Å². The topological polar surface area (TPSA) is 20.2 Å². The van der Waals surface area contributed by atoms with Crippen molar-refractivity contribution < 1.29 is 5.11 Å². The van der Waals surface area contributed by atoms with Gasteiger partial charge in [0.25, 0.3) is 0 Å². The lowest BCUT2D eigenvalue weighted by atomic mass is 10.0. The van der Waals surface area contributed by atoms with Gasteiger partial charge in [-0.3, -0.25) is 0 Å². The van der Waals surface area contributed by atoms with Crippen molar-refractivity contribution in [2.75, 3.05) is 0 Å². The molecule has 0 saturated carbocycles. The highest BCUT2D eigenvalue weighted by Crippen LogP contribution is 2.09. The zero-order valence-electron chi connectivity index (χ0n) is 8.74. The van der Waals surface area contributed by atoms with Crippen molar-refractivity contribution in [3.8, 4) is 0 Å². The SMILES string of the molecule is C=Cc1ccc(CCCC(C)O)cc1. The Hall–Kier alpha value is -1.08. The van der Waals surface area contributed by atoms with Crippen LogP contribution in [-0.2, 0) is 6.42 Å². The molecule has 0 aliphatic rings.